The van der Waals surface area contributed by atoms with E-state index in [1.54, 1.807) is 25.4 Å². The molecule has 1 aromatic carbocycles. The molecule has 1 N–H and O–H groups in total. The Morgan fingerprint density at radius 3 is 2.43 bits per heavy atom. The van der Waals surface area contributed by atoms with E-state index in [-0.39, 0.29) is 5.69 Å². The van der Waals surface area contributed by atoms with Gasteiger partial charge >= 0.3 is 12.1 Å². The molecule has 8 heteroatoms. The number of nitrogens with zero attached hydrogens (tertiary/aromatic N) is 3. The summed E-state index contributed by atoms with van der Waals surface area (Å²) in [7, 11) is 1.57. The molecule has 1 aromatic heterocycles. The second-order valence-electron chi connectivity index (χ2n) is 4.10. The van der Waals surface area contributed by atoms with Crippen LogP contribution in [0.2, 0.25) is 0 Å². The van der Waals surface area contributed by atoms with E-state index in [1.165, 1.54) is 12.1 Å². The van der Waals surface area contributed by atoms with Crippen LogP contribution >= 0.6 is 0 Å². The molecule has 0 saturated heterocycles. The van der Waals surface area contributed by atoms with Crippen molar-refractivity contribution < 1.29 is 23.1 Å². The van der Waals surface area contributed by atoms with Crippen molar-refractivity contribution in [2.24, 2.45) is 4.99 Å². The number of benzene rings is 1. The topological polar surface area (TPSA) is 67.5 Å². The van der Waals surface area contributed by atoms with E-state index in [2.05, 4.69) is 10.1 Å². The van der Waals surface area contributed by atoms with Crippen LogP contribution in [0.25, 0.3) is 5.69 Å². The van der Waals surface area contributed by atoms with Crippen LogP contribution in [0, 0.1) is 0 Å². The smallest absolute Gasteiger partial charge is 0.434 e. The third kappa shape index (κ3) is 2.93. The molecule has 2 rings (SSSR count). The van der Waals surface area contributed by atoms with Crippen LogP contribution in [0.4, 0.5) is 13.2 Å². The third-order valence-corrected chi connectivity index (χ3v) is 2.68. The summed E-state index contributed by atoms with van der Waals surface area (Å²) >= 11 is 0. The molecule has 0 spiro atoms. The zero-order valence-electron chi connectivity index (χ0n) is 10.8. The minimum absolute atomic E-state index is 0.114. The van der Waals surface area contributed by atoms with E-state index in [4.69, 9.17) is 5.11 Å². The van der Waals surface area contributed by atoms with Crippen molar-refractivity contribution in [3.8, 4) is 5.69 Å². The number of rotatable bonds is 3. The number of halogens is 3. The molecule has 1 heterocycles. The standard InChI is InChI=1S/C13H10F3N3O2/c1-17-6-8-2-4-9(5-3-8)19-11(13(14,15)16)10(7-18-19)12(20)21/h2-7H,1H3,(H,20,21). The van der Waals surface area contributed by atoms with E-state index in [1.807, 2.05) is 0 Å². The van der Waals surface area contributed by atoms with Gasteiger partial charge in [0.05, 0.1) is 11.9 Å². The average molecular weight is 297 g/mol. The first-order valence-corrected chi connectivity index (χ1v) is 5.75. The van der Waals surface area contributed by atoms with Gasteiger partial charge < -0.3 is 5.11 Å². The number of aromatic nitrogens is 2. The zero-order chi connectivity index (χ0) is 15.6. The van der Waals surface area contributed by atoms with Crippen LogP contribution in [-0.2, 0) is 6.18 Å². The van der Waals surface area contributed by atoms with Gasteiger partial charge in [0.1, 0.15) is 5.56 Å². The van der Waals surface area contributed by atoms with Gasteiger partial charge in [-0.15, -0.1) is 0 Å². The van der Waals surface area contributed by atoms with Crippen LogP contribution in [0.1, 0.15) is 21.6 Å². The number of aliphatic imine (C=N–C) groups is 1. The number of carboxylic acids is 1. The second-order valence-corrected chi connectivity index (χ2v) is 4.10. The highest BCUT2D eigenvalue weighted by molar-refractivity contribution is 5.89. The van der Waals surface area contributed by atoms with Gasteiger partial charge in [-0.25, -0.2) is 9.48 Å². The van der Waals surface area contributed by atoms with Crippen molar-refractivity contribution in [2.45, 2.75) is 6.18 Å². The highest BCUT2D eigenvalue weighted by Gasteiger charge is 2.40. The molecule has 0 fully saturated rings. The van der Waals surface area contributed by atoms with Crippen LogP contribution in [0.3, 0.4) is 0 Å². The van der Waals surface area contributed by atoms with E-state index in [0.717, 1.165) is 0 Å². The molecular weight excluding hydrogens is 287 g/mol. The summed E-state index contributed by atoms with van der Waals surface area (Å²) in [6, 6.07) is 5.94. The molecule has 0 unspecified atom stereocenters. The van der Waals surface area contributed by atoms with Crippen molar-refractivity contribution in [3.63, 3.8) is 0 Å². The highest BCUT2D eigenvalue weighted by atomic mass is 19.4. The number of hydrogen-bond acceptors (Lipinski definition) is 3. The largest absolute Gasteiger partial charge is 0.478 e. The van der Waals surface area contributed by atoms with E-state index in [9.17, 15) is 18.0 Å². The predicted molar refractivity (Wildman–Crippen MR) is 69.0 cm³/mol. The maximum absolute atomic E-state index is 13.0. The normalized spacial score (nSPS) is 12.0. The van der Waals surface area contributed by atoms with Gasteiger partial charge in [0.15, 0.2) is 5.69 Å². The third-order valence-electron chi connectivity index (χ3n) is 2.68. The fourth-order valence-electron chi connectivity index (χ4n) is 1.82. The maximum atomic E-state index is 13.0. The molecule has 0 aliphatic heterocycles. The summed E-state index contributed by atoms with van der Waals surface area (Å²) in [5.74, 6) is -1.68. The molecule has 0 radical (unpaired) electrons. The van der Waals surface area contributed by atoms with Gasteiger partial charge in [0, 0.05) is 13.3 Å². The van der Waals surface area contributed by atoms with E-state index in [0.29, 0.717) is 16.4 Å². The monoisotopic (exact) mass is 297 g/mol. The first-order chi connectivity index (χ1) is 9.84. The Bertz CT molecular complexity index is 688. The number of aromatic carboxylic acids is 1. The Kier molecular flexibility index (Phi) is 3.79. The SMILES string of the molecule is CN=Cc1ccc(-n2ncc(C(=O)O)c2C(F)(F)F)cc1. The zero-order valence-corrected chi connectivity index (χ0v) is 10.8. The molecule has 0 aliphatic rings. The van der Waals surface area contributed by atoms with Crippen molar-refractivity contribution in [2.75, 3.05) is 7.05 Å². The van der Waals surface area contributed by atoms with Gasteiger partial charge in [0.2, 0.25) is 0 Å². The minimum atomic E-state index is -4.83. The molecule has 0 bridgehead atoms. The lowest BCUT2D eigenvalue weighted by Crippen LogP contribution is -2.17. The highest BCUT2D eigenvalue weighted by Crippen LogP contribution is 2.33. The van der Waals surface area contributed by atoms with E-state index < -0.39 is 23.4 Å². The Morgan fingerprint density at radius 1 is 1.33 bits per heavy atom. The lowest BCUT2D eigenvalue weighted by molar-refractivity contribution is -0.143. The van der Waals surface area contributed by atoms with Crippen LogP contribution in [-0.4, -0.2) is 34.1 Å². The summed E-state index contributed by atoms with van der Waals surface area (Å²) < 4.78 is 39.7. The van der Waals surface area contributed by atoms with Gasteiger partial charge in [0.25, 0.3) is 0 Å². The fraction of sp³-hybridized carbons (Fsp3) is 0.154. The second kappa shape index (κ2) is 5.39. The summed E-state index contributed by atoms with van der Waals surface area (Å²) in [5.41, 5.74) is -1.38. The van der Waals surface area contributed by atoms with Gasteiger partial charge in [-0.2, -0.15) is 18.3 Å². The lowest BCUT2D eigenvalue weighted by Gasteiger charge is -2.11. The number of hydrogen-bond donors (Lipinski definition) is 1. The van der Waals surface area contributed by atoms with Crippen LogP contribution in [0.5, 0.6) is 0 Å². The summed E-state index contributed by atoms with van der Waals surface area (Å²) in [5, 5.41) is 12.4. The molecule has 21 heavy (non-hydrogen) atoms. The minimum Gasteiger partial charge on any atom is -0.478 e. The molecule has 0 atom stereocenters. The van der Waals surface area contributed by atoms with Crippen molar-refractivity contribution >= 4 is 12.2 Å². The molecular formula is C13H10F3N3O2. The Labute approximate surface area is 117 Å². The van der Waals surface area contributed by atoms with Crippen molar-refractivity contribution in [3.05, 3.63) is 47.3 Å². The number of carboxylic acid groups (broad SMARTS) is 1. The first-order valence-electron chi connectivity index (χ1n) is 5.75. The van der Waals surface area contributed by atoms with Gasteiger partial charge in [-0.3, -0.25) is 4.99 Å². The molecule has 2 aromatic rings. The van der Waals surface area contributed by atoms with Gasteiger partial charge in [-0.1, -0.05) is 12.1 Å². The fourth-order valence-corrected chi connectivity index (χ4v) is 1.82. The molecule has 0 amide bonds. The Hall–Kier alpha value is -2.64. The Balaban J connectivity index is 2.56. The average Bonchev–Trinajstić information content (AvgIpc) is 2.85. The molecule has 0 saturated carbocycles. The number of carbonyl (C=O) groups is 1. The predicted octanol–water partition coefficient (Wildman–Crippen LogP) is 2.64. The van der Waals surface area contributed by atoms with E-state index >= 15 is 0 Å². The molecule has 110 valence electrons. The summed E-state index contributed by atoms with van der Waals surface area (Å²) in [4.78, 5) is 14.7. The lowest BCUT2D eigenvalue weighted by atomic mass is 10.2. The molecule has 5 nitrogen and oxygen atoms in total. The van der Waals surface area contributed by atoms with Crippen molar-refractivity contribution in [1.82, 2.24) is 9.78 Å². The van der Waals surface area contributed by atoms with Crippen LogP contribution in [0.15, 0.2) is 35.5 Å². The first kappa shape index (κ1) is 14.8. The van der Waals surface area contributed by atoms with Crippen molar-refractivity contribution in [1.29, 1.82) is 0 Å². The Morgan fingerprint density at radius 2 is 1.95 bits per heavy atom. The van der Waals surface area contributed by atoms with Crippen LogP contribution < -0.4 is 0 Å². The number of alkyl halides is 3. The maximum Gasteiger partial charge on any atom is 0.434 e. The summed E-state index contributed by atoms with van der Waals surface area (Å²) in [6.07, 6.45) is -2.60. The summed E-state index contributed by atoms with van der Waals surface area (Å²) in [6.45, 7) is 0. The molecule has 0 aliphatic carbocycles. The quantitative estimate of drug-likeness (QED) is 0.886. The van der Waals surface area contributed by atoms with Gasteiger partial charge in [-0.05, 0) is 17.7 Å².